The van der Waals surface area contributed by atoms with Crippen LogP contribution in [0.4, 0.5) is 24.0 Å². The van der Waals surface area contributed by atoms with E-state index >= 15 is 0 Å². The molecule has 0 saturated carbocycles. The van der Waals surface area contributed by atoms with Crippen molar-refractivity contribution in [2.24, 2.45) is 0 Å². The van der Waals surface area contributed by atoms with E-state index in [9.17, 15) is 18.0 Å². The summed E-state index contributed by atoms with van der Waals surface area (Å²) in [5.41, 5.74) is 0.543. The normalized spacial score (nSPS) is 12.5. The molecule has 11 heteroatoms. The molecule has 0 fully saturated rings. The Morgan fingerprint density at radius 2 is 2.00 bits per heavy atom. The van der Waals surface area contributed by atoms with E-state index in [1.165, 1.54) is 47.4 Å². The fourth-order valence-electron chi connectivity index (χ4n) is 1.73. The van der Waals surface area contributed by atoms with E-state index in [0.717, 1.165) is 6.42 Å². The highest BCUT2D eigenvalue weighted by Gasteiger charge is 2.30. The molecule has 0 aliphatic rings. The molecule has 1 aromatic carbocycles. The number of rotatable bonds is 8. The summed E-state index contributed by atoms with van der Waals surface area (Å²) in [7, 11) is 0. The Hall–Kier alpha value is -2.01. The minimum Gasteiger partial charge on any atom is -0.406 e. The van der Waals surface area contributed by atoms with Gasteiger partial charge in [-0.3, -0.25) is 4.79 Å². The van der Waals surface area contributed by atoms with Gasteiger partial charge in [-0.25, -0.2) is 0 Å². The van der Waals surface area contributed by atoms with Crippen molar-refractivity contribution in [2.75, 3.05) is 11.1 Å². The van der Waals surface area contributed by atoms with Gasteiger partial charge in [0, 0.05) is 11.7 Å². The second-order valence-electron chi connectivity index (χ2n) is 5.24. The maximum absolute atomic E-state index is 12.1. The number of nitrogens with one attached hydrogen (secondary N) is 2. The minimum atomic E-state index is -4.72. The first kappa shape index (κ1) is 20.3. The van der Waals surface area contributed by atoms with E-state index in [0.29, 0.717) is 15.2 Å². The number of hydrogen-bond acceptors (Lipinski definition) is 7. The monoisotopic (exact) mass is 406 g/mol. The Labute approximate surface area is 156 Å². The Kier molecular flexibility index (Phi) is 7.09. The third kappa shape index (κ3) is 7.08. The highest BCUT2D eigenvalue weighted by molar-refractivity contribution is 8.01. The van der Waals surface area contributed by atoms with Crippen LogP contribution in [0, 0.1) is 0 Å². The van der Waals surface area contributed by atoms with Gasteiger partial charge in [-0.15, -0.1) is 23.4 Å². The van der Waals surface area contributed by atoms with Crippen LogP contribution in [0.5, 0.6) is 5.75 Å². The topological polar surface area (TPSA) is 76.1 Å². The average molecular weight is 406 g/mol. The van der Waals surface area contributed by atoms with Gasteiger partial charge in [-0.2, -0.15) is 0 Å². The first-order valence-corrected chi connectivity index (χ1v) is 9.44. The molecule has 142 valence electrons. The average Bonchev–Trinajstić information content (AvgIpc) is 3.01. The summed E-state index contributed by atoms with van der Waals surface area (Å²) >= 11 is 2.52. The third-order valence-corrected chi connectivity index (χ3v) is 5.06. The lowest BCUT2D eigenvalue weighted by Gasteiger charge is -2.10. The van der Waals surface area contributed by atoms with Crippen LogP contribution in [0.1, 0.15) is 20.3 Å². The van der Waals surface area contributed by atoms with Gasteiger partial charge in [0.15, 0.2) is 4.34 Å². The van der Waals surface area contributed by atoms with Crippen molar-refractivity contribution in [3.05, 3.63) is 24.3 Å². The molecule has 1 amide bonds. The molecular weight excluding hydrogens is 389 g/mol. The molecule has 1 atom stereocenters. The molecule has 0 unspecified atom stereocenters. The fraction of sp³-hybridized carbons (Fsp3) is 0.400. The summed E-state index contributed by atoms with van der Waals surface area (Å²) in [4.78, 5) is 11.7. The maximum atomic E-state index is 12.1. The number of anilines is 2. The third-order valence-electron chi connectivity index (χ3n) is 3.09. The van der Waals surface area contributed by atoms with Gasteiger partial charge in [-0.05, 0) is 37.6 Å². The van der Waals surface area contributed by atoms with Crippen molar-refractivity contribution in [2.45, 2.75) is 37.0 Å². The van der Waals surface area contributed by atoms with E-state index in [-0.39, 0.29) is 23.5 Å². The number of nitrogens with zero attached hydrogens (tertiary/aromatic N) is 2. The van der Waals surface area contributed by atoms with Gasteiger partial charge in [0.2, 0.25) is 11.0 Å². The summed E-state index contributed by atoms with van der Waals surface area (Å²) in [6.07, 6.45) is -3.86. The first-order valence-electron chi connectivity index (χ1n) is 7.63. The summed E-state index contributed by atoms with van der Waals surface area (Å²) in [5, 5.41) is 14.2. The first-order chi connectivity index (χ1) is 12.2. The van der Waals surface area contributed by atoms with Crippen LogP contribution in [0.2, 0.25) is 0 Å². The summed E-state index contributed by atoms with van der Waals surface area (Å²) in [6, 6.07) is 5.40. The lowest BCUT2D eigenvalue weighted by atomic mass is 10.3. The number of amides is 1. The molecule has 2 aromatic rings. The summed E-state index contributed by atoms with van der Waals surface area (Å²) in [6.45, 7) is 3.92. The SMILES string of the molecule is CC[C@@H](C)NC(=O)CSc1nnc(Nc2ccc(OC(F)(F)F)cc2)s1. The van der Waals surface area contributed by atoms with Gasteiger partial charge in [-0.1, -0.05) is 30.0 Å². The molecule has 6 nitrogen and oxygen atoms in total. The lowest BCUT2D eigenvalue weighted by Crippen LogP contribution is -2.33. The molecule has 1 heterocycles. The molecule has 0 saturated heterocycles. The van der Waals surface area contributed by atoms with Crippen LogP contribution in [0.25, 0.3) is 0 Å². The number of hydrogen-bond donors (Lipinski definition) is 2. The van der Waals surface area contributed by atoms with Crippen molar-refractivity contribution in [3.63, 3.8) is 0 Å². The molecule has 2 rings (SSSR count). The number of alkyl halides is 3. The largest absolute Gasteiger partial charge is 0.573 e. The molecule has 0 radical (unpaired) electrons. The van der Waals surface area contributed by atoms with E-state index in [1.807, 2.05) is 13.8 Å². The quantitative estimate of drug-likeness (QED) is 0.641. The number of ether oxygens (including phenoxy) is 1. The molecule has 0 spiro atoms. The van der Waals surface area contributed by atoms with Gasteiger partial charge in [0.1, 0.15) is 5.75 Å². The number of carbonyl (C=O) groups excluding carboxylic acids is 1. The zero-order valence-corrected chi connectivity index (χ0v) is 15.6. The zero-order chi connectivity index (χ0) is 19.2. The molecular formula is C15H17F3N4O2S2. The van der Waals surface area contributed by atoms with Crippen molar-refractivity contribution in [3.8, 4) is 5.75 Å². The number of carbonyl (C=O) groups is 1. The maximum Gasteiger partial charge on any atom is 0.573 e. The fourth-order valence-corrected chi connectivity index (χ4v) is 3.31. The van der Waals surface area contributed by atoms with Gasteiger partial charge >= 0.3 is 6.36 Å². The molecule has 0 bridgehead atoms. The van der Waals surface area contributed by atoms with Crippen molar-refractivity contribution >= 4 is 39.8 Å². The smallest absolute Gasteiger partial charge is 0.406 e. The Morgan fingerprint density at radius 1 is 1.31 bits per heavy atom. The predicted molar refractivity (Wildman–Crippen MR) is 94.9 cm³/mol. The van der Waals surface area contributed by atoms with E-state index < -0.39 is 6.36 Å². The second kappa shape index (κ2) is 9.08. The predicted octanol–water partition coefficient (Wildman–Crippen LogP) is 4.19. The molecule has 2 N–H and O–H groups in total. The van der Waals surface area contributed by atoms with Crippen LogP contribution >= 0.6 is 23.1 Å². The highest BCUT2D eigenvalue weighted by atomic mass is 32.2. The molecule has 0 aliphatic heterocycles. The number of thioether (sulfide) groups is 1. The van der Waals surface area contributed by atoms with Crippen molar-refractivity contribution in [1.29, 1.82) is 0 Å². The van der Waals surface area contributed by atoms with Crippen molar-refractivity contribution in [1.82, 2.24) is 15.5 Å². The second-order valence-corrected chi connectivity index (χ2v) is 7.44. The van der Waals surface area contributed by atoms with Gasteiger partial charge in [0.25, 0.3) is 0 Å². The summed E-state index contributed by atoms with van der Waals surface area (Å²) in [5.74, 6) is -0.138. The van der Waals surface area contributed by atoms with Crippen LogP contribution in [0.3, 0.4) is 0 Å². The van der Waals surface area contributed by atoms with E-state index in [1.54, 1.807) is 0 Å². The molecule has 0 aliphatic carbocycles. The van der Waals surface area contributed by atoms with Crippen LogP contribution in [-0.2, 0) is 4.79 Å². The molecule has 1 aromatic heterocycles. The number of halogens is 3. The van der Waals surface area contributed by atoms with Gasteiger partial charge < -0.3 is 15.4 Å². The van der Waals surface area contributed by atoms with Crippen LogP contribution < -0.4 is 15.4 Å². The standard InChI is InChI=1S/C15H17F3N4O2S2/c1-3-9(2)19-12(23)8-25-14-22-21-13(26-14)20-10-4-6-11(7-5-10)24-15(16,17)18/h4-7,9H,3,8H2,1-2H3,(H,19,23)(H,20,21)/t9-/m1/s1. The Morgan fingerprint density at radius 3 is 2.62 bits per heavy atom. The summed E-state index contributed by atoms with van der Waals surface area (Å²) < 4.78 is 40.8. The number of benzene rings is 1. The Balaban J connectivity index is 1.85. The zero-order valence-electron chi connectivity index (χ0n) is 14.0. The Bertz CT molecular complexity index is 722. The highest BCUT2D eigenvalue weighted by Crippen LogP contribution is 2.29. The molecule has 26 heavy (non-hydrogen) atoms. The van der Waals surface area contributed by atoms with Crippen LogP contribution in [-0.4, -0.2) is 34.3 Å². The van der Waals surface area contributed by atoms with E-state index in [4.69, 9.17) is 0 Å². The minimum absolute atomic E-state index is 0.0747. The number of aromatic nitrogens is 2. The van der Waals surface area contributed by atoms with Crippen molar-refractivity contribution < 1.29 is 22.7 Å². The lowest BCUT2D eigenvalue weighted by molar-refractivity contribution is -0.274. The van der Waals surface area contributed by atoms with Crippen LogP contribution in [0.15, 0.2) is 28.6 Å². The van der Waals surface area contributed by atoms with E-state index in [2.05, 4.69) is 25.6 Å². The van der Waals surface area contributed by atoms with Gasteiger partial charge in [0.05, 0.1) is 5.75 Å².